The Balaban J connectivity index is 1.99. The third-order valence-electron chi connectivity index (χ3n) is 3.09. The summed E-state index contributed by atoms with van der Waals surface area (Å²) in [6.45, 7) is 3.73. The SMILES string of the molecule is O=[N+]([O-])c1cc(OCCN2CCOCC2)cc(OC(F)(F)Br)c1. The largest absolute Gasteiger partial charge is 0.492 e. The molecule has 0 aromatic heterocycles. The molecule has 0 unspecified atom stereocenters. The molecule has 0 radical (unpaired) electrons. The van der Waals surface area contributed by atoms with Crippen molar-refractivity contribution in [1.82, 2.24) is 4.90 Å². The summed E-state index contributed by atoms with van der Waals surface area (Å²) in [5.41, 5.74) is -0.388. The van der Waals surface area contributed by atoms with Crippen molar-refractivity contribution in [3.63, 3.8) is 0 Å². The molecule has 1 aliphatic rings. The van der Waals surface area contributed by atoms with E-state index in [9.17, 15) is 18.9 Å². The lowest BCUT2D eigenvalue weighted by Gasteiger charge is -2.26. The fourth-order valence-corrected chi connectivity index (χ4v) is 2.24. The van der Waals surface area contributed by atoms with Crippen molar-refractivity contribution in [2.45, 2.75) is 5.02 Å². The summed E-state index contributed by atoms with van der Waals surface area (Å²) in [6.07, 6.45) is 0. The Bertz CT molecular complexity index is 550. The Morgan fingerprint density at radius 1 is 1.30 bits per heavy atom. The maximum Gasteiger partial charge on any atom is 0.459 e. The third-order valence-corrected chi connectivity index (χ3v) is 3.25. The molecule has 1 fully saturated rings. The van der Waals surface area contributed by atoms with Crippen LogP contribution in [0.4, 0.5) is 14.5 Å². The van der Waals surface area contributed by atoms with Crippen molar-refractivity contribution in [3.8, 4) is 11.5 Å². The van der Waals surface area contributed by atoms with Gasteiger partial charge in [-0.2, -0.15) is 8.78 Å². The first kappa shape index (κ1) is 17.8. The Morgan fingerprint density at radius 2 is 1.96 bits per heavy atom. The predicted octanol–water partition coefficient (Wildman–Crippen LogP) is 2.63. The van der Waals surface area contributed by atoms with Gasteiger partial charge in [0.25, 0.3) is 5.69 Å². The number of halogens is 3. The van der Waals surface area contributed by atoms with Crippen molar-refractivity contribution < 1.29 is 27.9 Å². The molecule has 1 heterocycles. The van der Waals surface area contributed by atoms with Crippen LogP contribution in [0, 0.1) is 10.1 Å². The summed E-state index contributed by atoms with van der Waals surface area (Å²) in [7, 11) is 0. The number of morpholine rings is 1. The van der Waals surface area contributed by atoms with Crippen LogP contribution in [0.5, 0.6) is 11.5 Å². The van der Waals surface area contributed by atoms with E-state index in [1.165, 1.54) is 12.1 Å². The summed E-state index contributed by atoms with van der Waals surface area (Å²) in [6, 6.07) is 3.25. The topological polar surface area (TPSA) is 74.1 Å². The second-order valence-electron chi connectivity index (χ2n) is 4.77. The van der Waals surface area contributed by atoms with Crippen LogP contribution in [0.15, 0.2) is 18.2 Å². The van der Waals surface area contributed by atoms with Crippen LogP contribution in [0.3, 0.4) is 0 Å². The van der Waals surface area contributed by atoms with Crippen molar-refractivity contribution in [2.24, 2.45) is 0 Å². The number of nitro groups is 1. The molecule has 1 aromatic rings. The number of alkyl halides is 3. The van der Waals surface area contributed by atoms with Crippen LogP contribution in [-0.4, -0.2) is 54.3 Å². The molecule has 23 heavy (non-hydrogen) atoms. The fraction of sp³-hybridized carbons (Fsp3) is 0.538. The molecule has 2 rings (SSSR count). The monoisotopic (exact) mass is 396 g/mol. The average Bonchev–Trinajstić information content (AvgIpc) is 2.46. The molecular weight excluding hydrogens is 382 g/mol. The molecule has 1 saturated heterocycles. The number of hydrogen-bond acceptors (Lipinski definition) is 6. The number of rotatable bonds is 7. The summed E-state index contributed by atoms with van der Waals surface area (Å²) >= 11 is 2.02. The van der Waals surface area contributed by atoms with E-state index in [2.05, 4.69) is 9.64 Å². The first-order valence-electron chi connectivity index (χ1n) is 6.81. The minimum absolute atomic E-state index is 0.0965. The van der Waals surface area contributed by atoms with Gasteiger partial charge in [-0.15, -0.1) is 0 Å². The second-order valence-corrected chi connectivity index (χ2v) is 5.69. The Morgan fingerprint density at radius 3 is 2.57 bits per heavy atom. The van der Waals surface area contributed by atoms with E-state index in [0.29, 0.717) is 19.8 Å². The van der Waals surface area contributed by atoms with Crippen molar-refractivity contribution in [1.29, 1.82) is 0 Å². The Hall–Kier alpha value is -1.52. The number of nitro benzene ring substituents is 1. The van der Waals surface area contributed by atoms with E-state index in [1.54, 1.807) is 0 Å². The smallest absolute Gasteiger partial charge is 0.459 e. The lowest BCUT2D eigenvalue weighted by Crippen LogP contribution is -2.38. The van der Waals surface area contributed by atoms with Gasteiger partial charge in [0.2, 0.25) is 0 Å². The highest BCUT2D eigenvalue weighted by atomic mass is 79.9. The molecule has 0 amide bonds. The van der Waals surface area contributed by atoms with Crippen LogP contribution in [0.25, 0.3) is 0 Å². The second kappa shape index (κ2) is 7.84. The number of nitrogens with zero attached hydrogens (tertiary/aromatic N) is 2. The number of benzene rings is 1. The van der Waals surface area contributed by atoms with Crippen LogP contribution < -0.4 is 9.47 Å². The predicted molar refractivity (Wildman–Crippen MR) is 80.4 cm³/mol. The van der Waals surface area contributed by atoms with Gasteiger partial charge in [-0.3, -0.25) is 15.0 Å². The van der Waals surface area contributed by atoms with Gasteiger partial charge in [-0.05, 0) is 0 Å². The van der Waals surface area contributed by atoms with Crippen LogP contribution in [0.1, 0.15) is 0 Å². The standard InChI is InChI=1S/C13H15BrF2N2O5/c14-13(15,16)23-12-8-10(18(19)20)7-11(9-12)22-6-3-17-1-4-21-5-2-17/h7-9H,1-6H2. The van der Waals surface area contributed by atoms with Crippen molar-refractivity contribution in [3.05, 3.63) is 28.3 Å². The summed E-state index contributed by atoms with van der Waals surface area (Å²) in [5.74, 6) is -0.262. The minimum atomic E-state index is -3.62. The zero-order valence-corrected chi connectivity index (χ0v) is 13.6. The van der Waals surface area contributed by atoms with Crippen LogP contribution in [-0.2, 0) is 4.74 Å². The van der Waals surface area contributed by atoms with Crippen LogP contribution >= 0.6 is 15.9 Å². The van der Waals surface area contributed by atoms with Crippen molar-refractivity contribution in [2.75, 3.05) is 39.5 Å². The van der Waals surface area contributed by atoms with E-state index < -0.39 is 9.94 Å². The molecule has 128 valence electrons. The van der Waals surface area contributed by atoms with E-state index in [4.69, 9.17) is 9.47 Å². The molecule has 1 aromatic carbocycles. The molecule has 0 spiro atoms. The maximum absolute atomic E-state index is 12.8. The number of non-ortho nitro benzene ring substituents is 1. The first-order valence-corrected chi connectivity index (χ1v) is 7.61. The van der Waals surface area contributed by atoms with E-state index >= 15 is 0 Å². The van der Waals surface area contributed by atoms with Gasteiger partial charge in [0.15, 0.2) is 0 Å². The molecule has 0 bridgehead atoms. The van der Waals surface area contributed by atoms with E-state index in [-0.39, 0.29) is 23.8 Å². The van der Waals surface area contributed by atoms with Gasteiger partial charge in [-0.1, -0.05) is 0 Å². The number of ether oxygens (including phenoxy) is 3. The maximum atomic E-state index is 12.8. The third kappa shape index (κ3) is 6.24. The highest BCUT2D eigenvalue weighted by molar-refractivity contribution is 9.09. The van der Waals surface area contributed by atoms with Gasteiger partial charge in [-0.25, -0.2) is 0 Å². The highest BCUT2D eigenvalue weighted by Gasteiger charge is 2.28. The molecule has 0 atom stereocenters. The Labute approximate surface area is 139 Å². The van der Waals surface area contributed by atoms with E-state index in [0.717, 1.165) is 19.2 Å². The molecule has 1 aliphatic heterocycles. The molecular formula is C13H15BrF2N2O5. The minimum Gasteiger partial charge on any atom is -0.492 e. The molecule has 0 N–H and O–H groups in total. The summed E-state index contributed by atoms with van der Waals surface area (Å²) in [4.78, 5) is 12.3. The van der Waals surface area contributed by atoms with Gasteiger partial charge >= 0.3 is 5.02 Å². The lowest BCUT2D eigenvalue weighted by molar-refractivity contribution is -0.385. The summed E-state index contributed by atoms with van der Waals surface area (Å²) in [5, 5.41) is 7.25. The van der Waals surface area contributed by atoms with Crippen LogP contribution in [0.2, 0.25) is 0 Å². The fourth-order valence-electron chi connectivity index (χ4n) is 2.06. The van der Waals surface area contributed by atoms with Gasteiger partial charge in [0.05, 0.1) is 30.3 Å². The molecule has 0 saturated carbocycles. The zero-order chi connectivity index (χ0) is 16.9. The average molecular weight is 397 g/mol. The number of hydrogen-bond donors (Lipinski definition) is 0. The van der Waals surface area contributed by atoms with E-state index in [1.807, 2.05) is 15.9 Å². The molecule has 0 aliphatic carbocycles. The normalized spacial score (nSPS) is 16.1. The lowest BCUT2D eigenvalue weighted by atomic mass is 10.3. The zero-order valence-electron chi connectivity index (χ0n) is 12.0. The van der Waals surface area contributed by atoms with Gasteiger partial charge < -0.3 is 14.2 Å². The van der Waals surface area contributed by atoms with Gasteiger partial charge in [0, 0.05) is 41.6 Å². The van der Waals surface area contributed by atoms with Gasteiger partial charge in [0.1, 0.15) is 18.1 Å². The highest BCUT2D eigenvalue weighted by Crippen LogP contribution is 2.33. The Kier molecular flexibility index (Phi) is 6.08. The summed E-state index contributed by atoms with van der Waals surface area (Å²) < 4.78 is 40.6. The molecule has 7 nitrogen and oxygen atoms in total. The first-order chi connectivity index (χ1) is 10.8. The van der Waals surface area contributed by atoms with Crippen molar-refractivity contribution >= 4 is 21.6 Å². The molecule has 10 heteroatoms. The quantitative estimate of drug-likeness (QED) is 0.400.